The second-order valence-electron chi connectivity index (χ2n) is 11.7. The lowest BCUT2D eigenvalue weighted by Gasteiger charge is -2.61. The van der Waals surface area contributed by atoms with Crippen molar-refractivity contribution >= 4 is 23.7 Å². The van der Waals surface area contributed by atoms with E-state index in [0.29, 0.717) is 12.0 Å². The van der Waals surface area contributed by atoms with Crippen LogP contribution in [0.4, 0.5) is 0 Å². The molecule has 5 rings (SSSR count). The summed E-state index contributed by atoms with van der Waals surface area (Å²) in [5, 5.41) is 22.3. The third-order valence-corrected chi connectivity index (χ3v) is 10.1. The van der Waals surface area contributed by atoms with Gasteiger partial charge >= 0.3 is 17.9 Å². The average molecular weight is 531 g/mol. The fourth-order valence-corrected chi connectivity index (χ4v) is 8.51. The van der Waals surface area contributed by atoms with Crippen LogP contribution in [0.1, 0.15) is 40.5 Å². The van der Waals surface area contributed by atoms with E-state index in [1.165, 1.54) is 32.4 Å². The molecule has 1 saturated carbocycles. The summed E-state index contributed by atoms with van der Waals surface area (Å²) in [5.74, 6) is -4.06. The van der Waals surface area contributed by atoms with Crippen LogP contribution >= 0.6 is 0 Å². The molecular formula is C28H34O10. The van der Waals surface area contributed by atoms with Crippen molar-refractivity contribution in [2.45, 2.75) is 65.1 Å². The first-order chi connectivity index (χ1) is 17.8. The van der Waals surface area contributed by atoms with E-state index in [-0.39, 0.29) is 18.1 Å². The molecule has 0 radical (unpaired) electrons. The van der Waals surface area contributed by atoms with E-state index in [0.717, 1.165) is 11.1 Å². The predicted molar refractivity (Wildman–Crippen MR) is 130 cm³/mol. The maximum Gasteiger partial charge on any atom is 0.333 e. The Morgan fingerprint density at radius 1 is 1.11 bits per heavy atom. The number of carbonyl (C=O) groups excluding carboxylic acids is 4. The topological polar surface area (TPSA) is 146 Å². The standard InChI is InChI=1S/C28H34O10/c1-12-13(14-10-19(31)38-24(14)33)9-15-20(12)28(4)16(11-18(30)35-5)27(3)17(29)7-8-26(2,25(34)36-6)22(27)21(32)23(28)37-15/h7-8,10,13,15-16,21-24,32-33H,9,11H2,1-6H3. The van der Waals surface area contributed by atoms with Crippen LogP contribution in [0.15, 0.2) is 34.9 Å². The highest BCUT2D eigenvalue weighted by Gasteiger charge is 2.74. The molecule has 1 saturated heterocycles. The normalized spacial score (nSPS) is 45.3. The lowest BCUT2D eigenvalue weighted by Crippen LogP contribution is -2.69. The molecule has 3 aliphatic carbocycles. The van der Waals surface area contributed by atoms with E-state index in [2.05, 4.69) is 0 Å². The van der Waals surface area contributed by atoms with Gasteiger partial charge in [0.1, 0.15) is 0 Å². The van der Waals surface area contributed by atoms with Crippen LogP contribution in [-0.2, 0) is 38.1 Å². The quantitative estimate of drug-likeness (QED) is 0.311. The third kappa shape index (κ3) is 3.23. The van der Waals surface area contributed by atoms with E-state index in [9.17, 15) is 29.4 Å². The van der Waals surface area contributed by atoms with E-state index in [4.69, 9.17) is 18.9 Å². The molecule has 2 N–H and O–H groups in total. The molecule has 2 aliphatic heterocycles. The first-order valence-corrected chi connectivity index (χ1v) is 12.8. The molecule has 0 aromatic rings. The molecule has 0 amide bonds. The highest BCUT2D eigenvalue weighted by atomic mass is 16.6. The minimum atomic E-state index is -1.36. The van der Waals surface area contributed by atoms with E-state index in [1.54, 1.807) is 13.8 Å². The molecule has 5 aliphatic rings. The highest BCUT2D eigenvalue weighted by Crippen LogP contribution is 2.69. The third-order valence-electron chi connectivity index (χ3n) is 10.1. The fraction of sp³-hybridized carbons (Fsp3) is 0.643. The largest absolute Gasteiger partial charge is 0.469 e. The van der Waals surface area contributed by atoms with Gasteiger partial charge in [0.25, 0.3) is 0 Å². The zero-order chi connectivity index (χ0) is 27.9. The van der Waals surface area contributed by atoms with Gasteiger partial charge < -0.3 is 29.2 Å². The summed E-state index contributed by atoms with van der Waals surface area (Å²) in [4.78, 5) is 51.5. The molecule has 0 spiro atoms. The lowest BCUT2D eigenvalue weighted by atomic mass is 9.41. The zero-order valence-corrected chi connectivity index (χ0v) is 22.3. The van der Waals surface area contributed by atoms with E-state index < -0.39 is 70.6 Å². The van der Waals surface area contributed by atoms with Crippen molar-refractivity contribution < 1.29 is 48.3 Å². The SMILES string of the molecule is COC(=O)CC1C2(C)C3=C(C)C(C4=CC(=O)OC4O)CC3OC2C(O)C2C(C)(C(=O)OC)C=CC(=O)C21C. The summed E-state index contributed by atoms with van der Waals surface area (Å²) in [6.45, 7) is 7.10. The molecule has 2 heterocycles. The molecule has 38 heavy (non-hydrogen) atoms. The zero-order valence-electron chi connectivity index (χ0n) is 22.3. The Morgan fingerprint density at radius 2 is 1.79 bits per heavy atom. The number of ketones is 1. The van der Waals surface area contributed by atoms with Crippen molar-refractivity contribution in [2.24, 2.45) is 34.0 Å². The molecule has 0 bridgehead atoms. The number of esters is 3. The maximum absolute atomic E-state index is 13.8. The summed E-state index contributed by atoms with van der Waals surface area (Å²) in [6, 6.07) is 0. The molecule has 2 fully saturated rings. The summed E-state index contributed by atoms with van der Waals surface area (Å²) in [7, 11) is 2.53. The lowest BCUT2D eigenvalue weighted by molar-refractivity contribution is -0.216. The van der Waals surface area contributed by atoms with Gasteiger partial charge in [0.05, 0.1) is 44.4 Å². The maximum atomic E-state index is 13.8. The van der Waals surface area contributed by atoms with Crippen LogP contribution < -0.4 is 0 Å². The van der Waals surface area contributed by atoms with Crippen molar-refractivity contribution in [1.29, 1.82) is 0 Å². The number of aliphatic hydroxyl groups is 2. The first-order valence-electron chi connectivity index (χ1n) is 12.8. The van der Waals surface area contributed by atoms with Gasteiger partial charge in [-0.25, -0.2) is 4.79 Å². The van der Waals surface area contributed by atoms with Gasteiger partial charge in [0.15, 0.2) is 5.78 Å². The molecule has 0 aromatic heterocycles. The van der Waals surface area contributed by atoms with Crippen LogP contribution in [0.2, 0.25) is 0 Å². The van der Waals surface area contributed by atoms with Crippen molar-refractivity contribution in [3.63, 3.8) is 0 Å². The van der Waals surface area contributed by atoms with Crippen molar-refractivity contribution in [3.05, 3.63) is 34.9 Å². The number of carbonyl (C=O) groups is 4. The number of fused-ring (bicyclic) bond motifs is 4. The molecule has 0 aromatic carbocycles. The van der Waals surface area contributed by atoms with Gasteiger partial charge in [-0.05, 0) is 37.8 Å². The Bertz CT molecular complexity index is 1210. The van der Waals surface area contributed by atoms with Gasteiger partial charge in [-0.2, -0.15) is 0 Å². The van der Waals surface area contributed by atoms with Gasteiger partial charge in [0, 0.05) is 34.3 Å². The molecule has 10 nitrogen and oxygen atoms in total. The fourth-order valence-electron chi connectivity index (χ4n) is 8.51. The summed E-state index contributed by atoms with van der Waals surface area (Å²) in [6.07, 6.45) is 0.425. The second kappa shape index (κ2) is 8.59. The smallest absolute Gasteiger partial charge is 0.333 e. The van der Waals surface area contributed by atoms with Crippen LogP contribution in [0.25, 0.3) is 0 Å². The predicted octanol–water partition coefficient (Wildman–Crippen LogP) is 1.39. The number of cyclic esters (lactones) is 1. The van der Waals surface area contributed by atoms with Crippen molar-refractivity contribution in [2.75, 3.05) is 14.2 Å². The van der Waals surface area contributed by atoms with E-state index >= 15 is 0 Å². The number of aliphatic hydroxyl groups excluding tert-OH is 2. The summed E-state index contributed by atoms with van der Waals surface area (Å²) < 4.78 is 21.6. The Morgan fingerprint density at radius 3 is 2.37 bits per heavy atom. The number of allylic oxidation sites excluding steroid dienone is 2. The molecule has 10 unspecified atom stereocenters. The van der Waals surface area contributed by atoms with Crippen LogP contribution in [0.5, 0.6) is 0 Å². The van der Waals surface area contributed by atoms with Crippen LogP contribution in [-0.4, -0.2) is 72.7 Å². The Balaban J connectivity index is 1.71. The van der Waals surface area contributed by atoms with Crippen molar-refractivity contribution in [3.8, 4) is 0 Å². The van der Waals surface area contributed by atoms with Gasteiger partial charge in [-0.15, -0.1) is 0 Å². The summed E-state index contributed by atoms with van der Waals surface area (Å²) in [5.41, 5.74) is -1.62. The molecule has 10 heteroatoms. The monoisotopic (exact) mass is 530 g/mol. The number of ether oxygens (including phenoxy) is 4. The number of hydrogen-bond acceptors (Lipinski definition) is 10. The number of rotatable bonds is 4. The van der Waals surface area contributed by atoms with Gasteiger partial charge in [-0.1, -0.05) is 25.5 Å². The average Bonchev–Trinajstić information content (AvgIpc) is 3.48. The Kier molecular flexibility index (Phi) is 6.05. The van der Waals surface area contributed by atoms with E-state index in [1.807, 2.05) is 13.8 Å². The van der Waals surface area contributed by atoms with Gasteiger partial charge in [0.2, 0.25) is 6.29 Å². The first kappa shape index (κ1) is 26.8. The minimum Gasteiger partial charge on any atom is -0.469 e. The Labute approximate surface area is 220 Å². The highest BCUT2D eigenvalue weighted by molar-refractivity contribution is 5.99. The minimum absolute atomic E-state index is 0.148. The summed E-state index contributed by atoms with van der Waals surface area (Å²) >= 11 is 0. The second-order valence-corrected chi connectivity index (χ2v) is 11.7. The number of hydrogen-bond donors (Lipinski definition) is 2. The van der Waals surface area contributed by atoms with Crippen LogP contribution in [0.3, 0.4) is 0 Å². The molecule has 206 valence electrons. The van der Waals surface area contributed by atoms with Gasteiger partial charge in [-0.3, -0.25) is 14.4 Å². The van der Waals surface area contributed by atoms with Crippen molar-refractivity contribution in [1.82, 2.24) is 0 Å². The molecule has 10 atom stereocenters. The molecular weight excluding hydrogens is 496 g/mol. The number of methoxy groups -OCH3 is 2. The van der Waals surface area contributed by atoms with Crippen LogP contribution in [0, 0.1) is 34.0 Å². The Hall–Kier alpha value is -2.82.